The summed E-state index contributed by atoms with van der Waals surface area (Å²) in [5, 5.41) is 13.2. The first-order valence-electron chi connectivity index (χ1n) is 12.7. The number of carbonyl (C=O) groups excluding carboxylic acids is 1. The Kier molecular flexibility index (Phi) is 6.87. The Labute approximate surface area is 218 Å². The van der Waals surface area contributed by atoms with E-state index in [1.807, 2.05) is 6.07 Å². The number of hydrogen-bond acceptors (Lipinski definition) is 6. The third kappa shape index (κ3) is 4.86. The van der Waals surface area contributed by atoms with Gasteiger partial charge in [0.25, 0.3) is 5.91 Å². The van der Waals surface area contributed by atoms with Crippen molar-refractivity contribution in [3.05, 3.63) is 70.9 Å². The van der Waals surface area contributed by atoms with Crippen LogP contribution in [0.25, 0.3) is 11.3 Å². The molecule has 2 saturated carbocycles. The van der Waals surface area contributed by atoms with E-state index in [-0.39, 0.29) is 28.9 Å². The van der Waals surface area contributed by atoms with Crippen molar-refractivity contribution in [2.24, 2.45) is 11.7 Å². The van der Waals surface area contributed by atoms with Gasteiger partial charge in [-0.3, -0.25) is 9.78 Å². The number of nitrogens with two attached hydrogens (primary N) is 2. The normalized spacial score (nSPS) is 22.5. The minimum Gasteiger partial charge on any atom is -0.397 e. The monoisotopic (exact) mass is 525 g/mol. The SMILES string of the molecule is C[C@@H]1C[C@H](N)C[C@H](c2ccncc2NC(=O)c2nc(-c3c(F)cc(C4(O)CCC4)cc3F)c(F)cc2N)C1. The van der Waals surface area contributed by atoms with Gasteiger partial charge >= 0.3 is 0 Å². The van der Waals surface area contributed by atoms with Gasteiger partial charge in [-0.1, -0.05) is 6.92 Å². The number of amides is 1. The first-order chi connectivity index (χ1) is 18.1. The minimum atomic E-state index is -1.31. The van der Waals surface area contributed by atoms with Crippen molar-refractivity contribution in [3.8, 4) is 11.3 Å². The first-order valence-corrected chi connectivity index (χ1v) is 12.7. The number of rotatable bonds is 5. The number of aliphatic hydroxyl groups is 1. The van der Waals surface area contributed by atoms with Crippen LogP contribution < -0.4 is 16.8 Å². The number of nitrogen functional groups attached to an aromatic ring is 1. The zero-order valence-corrected chi connectivity index (χ0v) is 21.0. The molecule has 2 aromatic heterocycles. The summed E-state index contributed by atoms with van der Waals surface area (Å²) < 4.78 is 45.0. The van der Waals surface area contributed by atoms with Crippen molar-refractivity contribution in [2.45, 2.75) is 63.0 Å². The number of hydrogen-bond donors (Lipinski definition) is 4. The molecule has 10 heteroatoms. The quantitative estimate of drug-likeness (QED) is 0.371. The maximum Gasteiger partial charge on any atom is 0.276 e. The smallest absolute Gasteiger partial charge is 0.276 e. The third-order valence-electron chi connectivity index (χ3n) is 7.74. The minimum absolute atomic E-state index is 0.0404. The number of carbonyl (C=O) groups is 1. The van der Waals surface area contributed by atoms with E-state index in [0.717, 1.165) is 49.4 Å². The van der Waals surface area contributed by atoms with Gasteiger partial charge in [0.05, 0.1) is 28.7 Å². The van der Waals surface area contributed by atoms with Crippen LogP contribution in [0, 0.1) is 23.4 Å². The van der Waals surface area contributed by atoms with Gasteiger partial charge in [-0.25, -0.2) is 18.2 Å². The zero-order chi connectivity index (χ0) is 27.2. The summed E-state index contributed by atoms with van der Waals surface area (Å²) in [6.07, 6.45) is 7.20. The molecule has 7 nitrogen and oxygen atoms in total. The highest BCUT2D eigenvalue weighted by molar-refractivity contribution is 6.07. The lowest BCUT2D eigenvalue weighted by molar-refractivity contribution is -0.0392. The fourth-order valence-corrected chi connectivity index (χ4v) is 5.69. The van der Waals surface area contributed by atoms with Crippen LogP contribution in [0.2, 0.25) is 0 Å². The van der Waals surface area contributed by atoms with Crippen LogP contribution in [0.5, 0.6) is 0 Å². The van der Waals surface area contributed by atoms with Gasteiger partial charge in [-0.15, -0.1) is 0 Å². The van der Waals surface area contributed by atoms with Crippen molar-refractivity contribution >= 4 is 17.3 Å². The molecule has 0 radical (unpaired) electrons. The van der Waals surface area contributed by atoms with Crippen molar-refractivity contribution in [2.75, 3.05) is 11.1 Å². The molecule has 1 aromatic carbocycles. The molecule has 38 heavy (non-hydrogen) atoms. The Bertz CT molecular complexity index is 1360. The Hall–Kier alpha value is -3.50. The van der Waals surface area contributed by atoms with Crippen LogP contribution in [-0.4, -0.2) is 27.0 Å². The average Bonchev–Trinajstić information content (AvgIpc) is 2.83. The molecule has 0 spiro atoms. The molecule has 0 bridgehead atoms. The Morgan fingerprint density at radius 1 is 1.11 bits per heavy atom. The second-order valence-corrected chi connectivity index (χ2v) is 10.6. The van der Waals surface area contributed by atoms with Gasteiger partial charge in [0, 0.05) is 18.3 Å². The van der Waals surface area contributed by atoms with Crippen molar-refractivity contribution in [3.63, 3.8) is 0 Å². The predicted molar refractivity (Wildman–Crippen MR) is 138 cm³/mol. The van der Waals surface area contributed by atoms with Crippen LogP contribution in [0.4, 0.5) is 24.5 Å². The van der Waals surface area contributed by atoms with E-state index in [4.69, 9.17) is 11.5 Å². The Balaban J connectivity index is 1.47. The molecular weight excluding hydrogens is 495 g/mol. The summed E-state index contributed by atoms with van der Waals surface area (Å²) in [6, 6.07) is 4.63. The van der Waals surface area contributed by atoms with E-state index in [1.54, 1.807) is 6.20 Å². The Morgan fingerprint density at radius 2 is 1.82 bits per heavy atom. The lowest BCUT2D eigenvalue weighted by atomic mass is 9.75. The number of benzene rings is 1. The largest absolute Gasteiger partial charge is 0.397 e. The number of anilines is 2. The lowest BCUT2D eigenvalue weighted by Gasteiger charge is -2.37. The van der Waals surface area contributed by atoms with Gasteiger partial charge < -0.3 is 21.9 Å². The lowest BCUT2D eigenvalue weighted by Crippen LogP contribution is -2.33. The van der Waals surface area contributed by atoms with E-state index in [1.165, 1.54) is 6.20 Å². The maximum absolute atomic E-state index is 15.1. The van der Waals surface area contributed by atoms with Crippen LogP contribution in [-0.2, 0) is 5.60 Å². The third-order valence-corrected chi connectivity index (χ3v) is 7.74. The number of nitrogens with one attached hydrogen (secondary N) is 1. The molecule has 3 atom stereocenters. The van der Waals surface area contributed by atoms with Gasteiger partial charge in [0.15, 0.2) is 11.5 Å². The average molecular weight is 526 g/mol. The second kappa shape index (κ2) is 9.99. The van der Waals surface area contributed by atoms with E-state index in [2.05, 4.69) is 22.2 Å². The molecule has 5 rings (SSSR count). The molecule has 0 aliphatic heterocycles. The van der Waals surface area contributed by atoms with E-state index >= 15 is 8.78 Å². The van der Waals surface area contributed by atoms with Crippen LogP contribution >= 0.6 is 0 Å². The van der Waals surface area contributed by atoms with Crippen LogP contribution in [0.3, 0.4) is 0 Å². The van der Waals surface area contributed by atoms with E-state index in [0.29, 0.717) is 24.4 Å². The summed E-state index contributed by atoms with van der Waals surface area (Å²) in [4.78, 5) is 21.3. The summed E-state index contributed by atoms with van der Waals surface area (Å²) in [7, 11) is 0. The summed E-state index contributed by atoms with van der Waals surface area (Å²) in [5.41, 5.74) is 10.1. The first kappa shape index (κ1) is 26.1. The predicted octanol–water partition coefficient (Wildman–Crippen LogP) is 5.00. The maximum atomic E-state index is 15.1. The Morgan fingerprint density at radius 3 is 2.45 bits per heavy atom. The molecule has 2 heterocycles. The topological polar surface area (TPSA) is 127 Å². The highest BCUT2D eigenvalue weighted by Crippen LogP contribution is 2.43. The van der Waals surface area contributed by atoms with Gasteiger partial charge in [-0.05, 0) is 79.7 Å². The summed E-state index contributed by atoms with van der Waals surface area (Å²) in [6.45, 7) is 2.13. The van der Waals surface area contributed by atoms with E-state index < -0.39 is 40.2 Å². The standard InChI is InChI=1S/C28H30F3N5O2/c1-14-7-15(9-17(32)8-14)18-3-6-34-13-23(18)35-27(37)26-22(33)12-21(31)25(36-26)24-19(29)10-16(11-20(24)30)28(38)4-2-5-28/h3,6,10-15,17,38H,2,4-5,7-9,32-33H2,1H3,(H,35,37)/t14-,15+,17-/m0/s1. The van der Waals surface area contributed by atoms with Crippen LogP contribution in [0.1, 0.15) is 73.0 Å². The molecule has 200 valence electrons. The van der Waals surface area contributed by atoms with Crippen molar-refractivity contribution in [1.82, 2.24) is 9.97 Å². The summed E-state index contributed by atoms with van der Waals surface area (Å²) >= 11 is 0. The van der Waals surface area contributed by atoms with Gasteiger partial charge in [-0.2, -0.15) is 0 Å². The number of pyridine rings is 2. The summed E-state index contributed by atoms with van der Waals surface area (Å²) in [5.74, 6) is -3.53. The van der Waals surface area contributed by atoms with Crippen molar-refractivity contribution in [1.29, 1.82) is 0 Å². The fourth-order valence-electron chi connectivity index (χ4n) is 5.69. The molecule has 2 aliphatic carbocycles. The molecule has 6 N–H and O–H groups in total. The molecule has 2 aliphatic rings. The molecular formula is C28H30F3N5O2. The van der Waals surface area contributed by atoms with Crippen LogP contribution in [0.15, 0.2) is 36.7 Å². The highest BCUT2D eigenvalue weighted by Gasteiger charge is 2.38. The zero-order valence-electron chi connectivity index (χ0n) is 21.0. The molecule has 3 aromatic rings. The molecule has 2 fully saturated rings. The molecule has 0 unspecified atom stereocenters. The van der Waals surface area contributed by atoms with Gasteiger partial charge in [0.2, 0.25) is 0 Å². The molecule has 1 amide bonds. The number of nitrogens with zero attached hydrogens (tertiary/aromatic N) is 2. The van der Waals surface area contributed by atoms with Crippen molar-refractivity contribution < 1.29 is 23.1 Å². The fraction of sp³-hybridized carbons (Fsp3) is 0.393. The van der Waals surface area contributed by atoms with E-state index in [9.17, 15) is 14.3 Å². The number of halogens is 3. The van der Waals surface area contributed by atoms with Gasteiger partial charge in [0.1, 0.15) is 17.3 Å². The highest BCUT2D eigenvalue weighted by atomic mass is 19.1. The second-order valence-electron chi connectivity index (χ2n) is 10.6. The molecule has 0 saturated heterocycles. The number of aromatic nitrogens is 2.